The molecule has 0 radical (unpaired) electrons. The van der Waals surface area contributed by atoms with E-state index in [2.05, 4.69) is 18.3 Å². The molecule has 26 heavy (non-hydrogen) atoms. The van der Waals surface area contributed by atoms with Crippen molar-refractivity contribution < 1.29 is 13.2 Å². The maximum atomic E-state index is 12.9. The summed E-state index contributed by atoms with van der Waals surface area (Å²) in [5, 5.41) is 5.46. The van der Waals surface area contributed by atoms with E-state index in [1.165, 1.54) is 11.6 Å². The van der Waals surface area contributed by atoms with Crippen LogP contribution in [-0.4, -0.2) is 0 Å². The minimum Gasteiger partial charge on any atom is -0.378 e. The summed E-state index contributed by atoms with van der Waals surface area (Å²) in [5.74, 6) is 0. The standard InChI is InChI=1S/C20H18F3N.C2H6/c1-13-10-11-18(19-9-4-3-8-17(13)19)14(2)24-16-7-5-6-15(12-16)20(21,22)23;1-2/h3-12,14,24H,1-2H3;1-2H3. The highest BCUT2D eigenvalue weighted by Gasteiger charge is 2.30. The van der Waals surface area contributed by atoms with Gasteiger partial charge in [-0.1, -0.05) is 56.3 Å². The molecule has 0 heterocycles. The fraction of sp³-hybridized carbons (Fsp3) is 0.273. The van der Waals surface area contributed by atoms with Gasteiger partial charge in [-0.05, 0) is 53.9 Å². The number of anilines is 1. The molecule has 0 aliphatic carbocycles. The van der Waals surface area contributed by atoms with E-state index in [1.54, 1.807) is 6.07 Å². The zero-order chi connectivity index (χ0) is 19.3. The predicted molar refractivity (Wildman–Crippen MR) is 104 cm³/mol. The van der Waals surface area contributed by atoms with Gasteiger partial charge < -0.3 is 5.32 Å². The Labute approximate surface area is 152 Å². The van der Waals surface area contributed by atoms with Crippen molar-refractivity contribution in [1.29, 1.82) is 0 Å². The van der Waals surface area contributed by atoms with E-state index in [9.17, 15) is 13.2 Å². The molecule has 1 nitrogen and oxygen atoms in total. The molecule has 1 atom stereocenters. The molecule has 0 bridgehead atoms. The van der Waals surface area contributed by atoms with Crippen LogP contribution < -0.4 is 5.32 Å². The lowest BCUT2D eigenvalue weighted by atomic mass is 9.96. The lowest BCUT2D eigenvalue weighted by Crippen LogP contribution is -2.09. The van der Waals surface area contributed by atoms with E-state index >= 15 is 0 Å². The number of hydrogen-bond donors (Lipinski definition) is 1. The Kier molecular flexibility index (Phi) is 6.30. The number of fused-ring (bicyclic) bond motifs is 1. The lowest BCUT2D eigenvalue weighted by molar-refractivity contribution is -0.137. The van der Waals surface area contributed by atoms with E-state index < -0.39 is 11.7 Å². The van der Waals surface area contributed by atoms with Gasteiger partial charge in [-0.25, -0.2) is 0 Å². The topological polar surface area (TPSA) is 12.0 Å². The first-order valence-electron chi connectivity index (χ1n) is 8.78. The zero-order valence-electron chi connectivity index (χ0n) is 15.5. The molecular weight excluding hydrogens is 335 g/mol. The number of halogens is 3. The van der Waals surface area contributed by atoms with Gasteiger partial charge in [0.15, 0.2) is 0 Å². The Morgan fingerprint density at radius 1 is 0.846 bits per heavy atom. The summed E-state index contributed by atoms with van der Waals surface area (Å²) < 4.78 is 38.6. The number of benzene rings is 3. The van der Waals surface area contributed by atoms with Crippen molar-refractivity contribution in [3.63, 3.8) is 0 Å². The molecule has 3 rings (SSSR count). The highest BCUT2D eigenvalue weighted by atomic mass is 19.4. The molecule has 1 unspecified atom stereocenters. The molecule has 0 aliphatic rings. The first-order valence-corrected chi connectivity index (χ1v) is 8.78. The van der Waals surface area contributed by atoms with Crippen LogP contribution in [0.2, 0.25) is 0 Å². The van der Waals surface area contributed by atoms with Gasteiger partial charge in [-0.15, -0.1) is 0 Å². The van der Waals surface area contributed by atoms with Crippen LogP contribution >= 0.6 is 0 Å². The lowest BCUT2D eigenvalue weighted by Gasteiger charge is -2.19. The van der Waals surface area contributed by atoms with Crippen molar-refractivity contribution in [2.24, 2.45) is 0 Å². The van der Waals surface area contributed by atoms with Crippen LogP contribution in [0.25, 0.3) is 10.8 Å². The van der Waals surface area contributed by atoms with E-state index in [0.717, 1.165) is 28.5 Å². The molecule has 0 amide bonds. The summed E-state index contributed by atoms with van der Waals surface area (Å²) in [6, 6.07) is 17.3. The molecule has 0 aliphatic heterocycles. The van der Waals surface area contributed by atoms with Gasteiger partial charge in [0.05, 0.1) is 5.56 Å². The van der Waals surface area contributed by atoms with E-state index in [4.69, 9.17) is 0 Å². The summed E-state index contributed by atoms with van der Waals surface area (Å²) in [6.07, 6.45) is -4.34. The van der Waals surface area contributed by atoms with Crippen molar-refractivity contribution in [2.75, 3.05) is 5.32 Å². The van der Waals surface area contributed by atoms with Crippen molar-refractivity contribution in [1.82, 2.24) is 0 Å². The number of hydrogen-bond acceptors (Lipinski definition) is 1. The van der Waals surface area contributed by atoms with Gasteiger partial charge >= 0.3 is 6.18 Å². The summed E-state index contributed by atoms with van der Waals surface area (Å²) >= 11 is 0. The maximum absolute atomic E-state index is 12.9. The molecule has 4 heteroatoms. The van der Waals surface area contributed by atoms with Crippen LogP contribution in [0, 0.1) is 6.92 Å². The van der Waals surface area contributed by atoms with Crippen LogP contribution in [0.3, 0.4) is 0 Å². The number of nitrogens with one attached hydrogen (secondary N) is 1. The van der Waals surface area contributed by atoms with Gasteiger partial charge in [0.1, 0.15) is 0 Å². The number of alkyl halides is 3. The SMILES string of the molecule is CC.Cc1ccc(C(C)Nc2cccc(C(F)(F)F)c2)c2ccccc12. The third-order valence-corrected chi connectivity index (χ3v) is 4.22. The summed E-state index contributed by atoms with van der Waals surface area (Å²) in [4.78, 5) is 0. The maximum Gasteiger partial charge on any atom is 0.416 e. The molecule has 3 aromatic rings. The molecular formula is C22H24F3N. The first kappa shape index (κ1) is 19.8. The Morgan fingerprint density at radius 2 is 1.50 bits per heavy atom. The average molecular weight is 359 g/mol. The van der Waals surface area contributed by atoms with E-state index in [0.29, 0.717) is 5.69 Å². The smallest absolute Gasteiger partial charge is 0.378 e. The Morgan fingerprint density at radius 3 is 2.15 bits per heavy atom. The second-order valence-corrected chi connectivity index (χ2v) is 5.96. The quantitative estimate of drug-likeness (QED) is 0.515. The molecule has 3 aromatic carbocycles. The van der Waals surface area contributed by atoms with Gasteiger partial charge in [0.2, 0.25) is 0 Å². The fourth-order valence-corrected chi connectivity index (χ4v) is 2.96. The second-order valence-electron chi connectivity index (χ2n) is 5.96. The van der Waals surface area contributed by atoms with Crippen LogP contribution in [0.1, 0.15) is 43.5 Å². The molecule has 0 saturated carbocycles. The third-order valence-electron chi connectivity index (χ3n) is 4.22. The van der Waals surface area contributed by atoms with E-state index in [-0.39, 0.29) is 6.04 Å². The first-order chi connectivity index (χ1) is 12.4. The van der Waals surface area contributed by atoms with Crippen molar-refractivity contribution in [3.8, 4) is 0 Å². The average Bonchev–Trinajstić information content (AvgIpc) is 2.63. The van der Waals surface area contributed by atoms with Crippen molar-refractivity contribution >= 4 is 16.5 Å². The van der Waals surface area contributed by atoms with Crippen LogP contribution in [-0.2, 0) is 6.18 Å². The Bertz CT molecular complexity index is 869. The van der Waals surface area contributed by atoms with Gasteiger partial charge in [0.25, 0.3) is 0 Å². The number of aryl methyl sites for hydroxylation is 1. The molecule has 0 saturated heterocycles. The molecule has 0 spiro atoms. The monoisotopic (exact) mass is 359 g/mol. The predicted octanol–water partition coefficient (Wildman–Crippen LogP) is 7.37. The molecule has 1 N–H and O–H groups in total. The summed E-state index contributed by atoms with van der Waals surface area (Å²) in [5.41, 5.74) is 2.06. The Hall–Kier alpha value is -2.49. The molecule has 138 valence electrons. The second kappa shape index (κ2) is 8.26. The van der Waals surface area contributed by atoms with Crippen LogP contribution in [0.15, 0.2) is 60.7 Å². The third kappa shape index (κ3) is 4.37. The minimum absolute atomic E-state index is 0.112. The normalized spacial score (nSPS) is 12.3. The largest absolute Gasteiger partial charge is 0.416 e. The minimum atomic E-state index is -4.34. The number of rotatable bonds is 3. The fourth-order valence-electron chi connectivity index (χ4n) is 2.96. The highest BCUT2D eigenvalue weighted by molar-refractivity contribution is 5.89. The van der Waals surface area contributed by atoms with Gasteiger partial charge in [-0.3, -0.25) is 0 Å². The summed E-state index contributed by atoms with van der Waals surface area (Å²) in [6.45, 7) is 8.01. The van der Waals surface area contributed by atoms with Gasteiger partial charge in [0, 0.05) is 11.7 Å². The Balaban J connectivity index is 0.00000117. The van der Waals surface area contributed by atoms with Crippen LogP contribution in [0.5, 0.6) is 0 Å². The molecule has 0 aromatic heterocycles. The van der Waals surface area contributed by atoms with E-state index in [1.807, 2.05) is 51.1 Å². The summed E-state index contributed by atoms with van der Waals surface area (Å²) in [7, 11) is 0. The van der Waals surface area contributed by atoms with Crippen molar-refractivity contribution in [2.45, 2.75) is 39.9 Å². The zero-order valence-corrected chi connectivity index (χ0v) is 15.5. The molecule has 0 fully saturated rings. The van der Waals surface area contributed by atoms with Crippen LogP contribution in [0.4, 0.5) is 18.9 Å². The van der Waals surface area contributed by atoms with Crippen molar-refractivity contribution in [3.05, 3.63) is 77.4 Å². The van der Waals surface area contributed by atoms with Gasteiger partial charge in [-0.2, -0.15) is 13.2 Å². The highest BCUT2D eigenvalue weighted by Crippen LogP contribution is 2.33.